The molecular formula is C26H21ClF3N5O5. The molecule has 0 aliphatic carbocycles. The van der Waals surface area contributed by atoms with Crippen LogP contribution in [0.15, 0.2) is 64.4 Å². The van der Waals surface area contributed by atoms with Crippen LogP contribution in [0.5, 0.6) is 5.75 Å². The number of carbonyl (C=O) groups excluding carboxylic acids is 2. The van der Waals surface area contributed by atoms with Gasteiger partial charge in [-0.25, -0.2) is 4.98 Å². The smallest absolute Gasteiger partial charge is 0.417 e. The Kier molecular flexibility index (Phi) is 7.96. The van der Waals surface area contributed by atoms with Gasteiger partial charge in [-0.05, 0) is 42.8 Å². The number of amides is 2. The molecule has 4 aromatic rings. The van der Waals surface area contributed by atoms with Crippen molar-refractivity contribution in [3.05, 3.63) is 92.9 Å². The molecule has 3 heterocycles. The lowest BCUT2D eigenvalue weighted by Crippen LogP contribution is -2.34. The van der Waals surface area contributed by atoms with E-state index in [1.807, 2.05) is 0 Å². The number of halogens is 4. The molecule has 2 amide bonds. The summed E-state index contributed by atoms with van der Waals surface area (Å²) >= 11 is 5.98. The van der Waals surface area contributed by atoms with Gasteiger partial charge in [-0.1, -0.05) is 16.8 Å². The summed E-state index contributed by atoms with van der Waals surface area (Å²) in [5.41, 5.74) is 4.01. The number of hydrogen-bond acceptors (Lipinski definition) is 7. The third-order valence-corrected chi connectivity index (χ3v) is 6.26. The number of nitrogens with zero attached hydrogens (tertiary/aromatic N) is 3. The number of anilines is 1. The first-order chi connectivity index (χ1) is 18.9. The topological polar surface area (TPSA) is 142 Å². The van der Waals surface area contributed by atoms with Crippen LogP contribution >= 0.6 is 11.6 Å². The minimum Gasteiger partial charge on any atom is -0.495 e. The highest BCUT2D eigenvalue weighted by Crippen LogP contribution is 2.41. The fourth-order valence-corrected chi connectivity index (χ4v) is 4.18. The van der Waals surface area contributed by atoms with Gasteiger partial charge < -0.3 is 20.3 Å². The van der Waals surface area contributed by atoms with Crippen LogP contribution in [0.4, 0.5) is 18.9 Å². The summed E-state index contributed by atoms with van der Waals surface area (Å²) in [6.45, 7) is 1.64. The zero-order chi connectivity index (χ0) is 29.2. The van der Waals surface area contributed by atoms with Gasteiger partial charge in [-0.3, -0.25) is 19.0 Å². The Balaban J connectivity index is 1.81. The minimum atomic E-state index is -4.74. The van der Waals surface area contributed by atoms with Gasteiger partial charge in [0.05, 0.1) is 36.4 Å². The molecule has 1 unspecified atom stereocenters. The molecule has 1 atom stereocenters. The second-order valence-electron chi connectivity index (χ2n) is 8.62. The Labute approximate surface area is 229 Å². The summed E-state index contributed by atoms with van der Waals surface area (Å²) in [6, 6.07) is 5.41. The van der Waals surface area contributed by atoms with Gasteiger partial charge in [0.1, 0.15) is 23.7 Å². The number of carbonyl (C=O) groups is 2. The van der Waals surface area contributed by atoms with Gasteiger partial charge in [0.15, 0.2) is 0 Å². The molecule has 0 saturated heterocycles. The van der Waals surface area contributed by atoms with Crippen LogP contribution in [0.3, 0.4) is 0 Å². The molecular weight excluding hydrogens is 555 g/mol. The van der Waals surface area contributed by atoms with Gasteiger partial charge in [0.2, 0.25) is 5.91 Å². The maximum Gasteiger partial charge on any atom is 0.417 e. The van der Waals surface area contributed by atoms with E-state index in [0.29, 0.717) is 11.3 Å². The molecule has 0 spiro atoms. The van der Waals surface area contributed by atoms with Gasteiger partial charge >= 0.3 is 6.18 Å². The summed E-state index contributed by atoms with van der Waals surface area (Å²) in [4.78, 5) is 42.0. The number of nitrogens with two attached hydrogens (primary N) is 1. The van der Waals surface area contributed by atoms with Gasteiger partial charge in [-0.15, -0.1) is 0 Å². The Bertz CT molecular complexity index is 1630. The van der Waals surface area contributed by atoms with Crippen LogP contribution in [0.1, 0.15) is 33.4 Å². The number of benzene rings is 1. The third kappa shape index (κ3) is 5.99. The van der Waals surface area contributed by atoms with E-state index in [2.05, 4.69) is 15.5 Å². The van der Waals surface area contributed by atoms with E-state index >= 15 is 0 Å². The molecule has 4 rings (SSSR count). The lowest BCUT2D eigenvalue weighted by molar-refractivity contribution is -0.137. The SMILES string of the molecule is COc1cn(C(Cc2conc2C)C(=O)Nc2ccc(C(N)=O)nc2)c(=O)cc1-c1cc(Cl)ccc1C(F)(F)F. The van der Waals surface area contributed by atoms with Gasteiger partial charge in [-0.2, -0.15) is 13.2 Å². The van der Waals surface area contributed by atoms with Crippen molar-refractivity contribution in [1.29, 1.82) is 0 Å². The first-order valence-corrected chi connectivity index (χ1v) is 11.9. The molecule has 0 aliphatic heterocycles. The standard InChI is InChI=1S/C26H21ClF3N5O5/c1-13-14(12-40-34-13)7-21(25(38)33-16-4-6-20(24(31)37)32-10-16)35-11-22(39-2)18(9-23(35)36)17-8-15(27)3-5-19(17)26(28,29)30/h3-6,8-12,21H,7H2,1-2H3,(H2,31,37)(H,33,38). The zero-order valence-electron chi connectivity index (χ0n) is 21.0. The van der Waals surface area contributed by atoms with Crippen molar-refractivity contribution in [3.63, 3.8) is 0 Å². The van der Waals surface area contributed by atoms with Crippen molar-refractivity contribution in [3.8, 4) is 16.9 Å². The van der Waals surface area contributed by atoms with E-state index in [1.54, 1.807) is 6.92 Å². The largest absolute Gasteiger partial charge is 0.495 e. The number of primary amides is 1. The molecule has 3 N–H and O–H groups in total. The van der Waals surface area contributed by atoms with Crippen molar-refractivity contribution < 1.29 is 32.0 Å². The minimum absolute atomic E-state index is 0.0189. The summed E-state index contributed by atoms with van der Waals surface area (Å²) in [7, 11) is 1.22. The molecule has 0 saturated carbocycles. The van der Waals surface area contributed by atoms with Crippen LogP contribution in [-0.2, 0) is 17.4 Å². The lowest BCUT2D eigenvalue weighted by atomic mass is 9.98. The van der Waals surface area contributed by atoms with Gasteiger partial charge in [0.25, 0.3) is 11.5 Å². The van der Waals surface area contributed by atoms with Crippen LogP contribution < -0.4 is 21.3 Å². The number of pyridine rings is 2. The van der Waals surface area contributed by atoms with Gasteiger partial charge in [0, 0.05) is 28.6 Å². The fourth-order valence-electron chi connectivity index (χ4n) is 4.01. The van der Waals surface area contributed by atoms with Crippen molar-refractivity contribution in [1.82, 2.24) is 14.7 Å². The normalized spacial score (nSPS) is 12.2. The number of nitrogens with one attached hydrogen (secondary N) is 1. The fraction of sp³-hybridized carbons (Fsp3) is 0.192. The van der Waals surface area contributed by atoms with E-state index in [4.69, 9.17) is 26.6 Å². The average Bonchev–Trinajstić information content (AvgIpc) is 3.31. The molecule has 0 fully saturated rings. The predicted octanol–water partition coefficient (Wildman–Crippen LogP) is 4.41. The van der Waals surface area contributed by atoms with E-state index in [0.717, 1.165) is 35.0 Å². The van der Waals surface area contributed by atoms with E-state index < -0.39 is 35.2 Å². The summed E-state index contributed by atoms with van der Waals surface area (Å²) < 4.78 is 52.7. The predicted molar refractivity (Wildman–Crippen MR) is 138 cm³/mol. The molecule has 0 aliphatic rings. The highest BCUT2D eigenvalue weighted by Gasteiger charge is 2.35. The number of hydrogen-bond donors (Lipinski definition) is 2. The molecule has 3 aromatic heterocycles. The van der Waals surface area contributed by atoms with E-state index in [-0.39, 0.29) is 39.7 Å². The quantitative estimate of drug-likeness (QED) is 0.317. The molecule has 14 heteroatoms. The Morgan fingerprint density at radius 1 is 1.20 bits per heavy atom. The first-order valence-electron chi connectivity index (χ1n) is 11.5. The van der Waals surface area contributed by atoms with Crippen molar-refractivity contribution in [2.45, 2.75) is 25.6 Å². The van der Waals surface area contributed by atoms with Crippen molar-refractivity contribution in [2.24, 2.45) is 5.73 Å². The zero-order valence-corrected chi connectivity index (χ0v) is 21.7. The number of aromatic nitrogens is 3. The first kappa shape index (κ1) is 28.4. The number of rotatable bonds is 8. The third-order valence-electron chi connectivity index (χ3n) is 6.03. The molecule has 0 bridgehead atoms. The number of ether oxygens (including phenoxy) is 1. The highest BCUT2D eigenvalue weighted by atomic mass is 35.5. The number of aryl methyl sites for hydroxylation is 1. The Morgan fingerprint density at radius 3 is 2.52 bits per heavy atom. The molecule has 10 nitrogen and oxygen atoms in total. The van der Waals surface area contributed by atoms with Crippen molar-refractivity contribution >= 4 is 29.1 Å². The summed E-state index contributed by atoms with van der Waals surface area (Å²) in [5.74, 6) is -1.55. The van der Waals surface area contributed by atoms with Crippen molar-refractivity contribution in [2.75, 3.05) is 12.4 Å². The average molecular weight is 576 g/mol. The molecule has 208 valence electrons. The number of alkyl halides is 3. The highest BCUT2D eigenvalue weighted by molar-refractivity contribution is 6.30. The maximum absolute atomic E-state index is 13.8. The van der Waals surface area contributed by atoms with Crippen LogP contribution in [0.2, 0.25) is 5.02 Å². The summed E-state index contributed by atoms with van der Waals surface area (Å²) in [6.07, 6.45) is -1.13. The molecule has 1 aromatic carbocycles. The van der Waals surface area contributed by atoms with Crippen LogP contribution in [0, 0.1) is 6.92 Å². The molecule has 40 heavy (non-hydrogen) atoms. The second kappa shape index (κ2) is 11.2. The lowest BCUT2D eigenvalue weighted by Gasteiger charge is -2.22. The van der Waals surface area contributed by atoms with E-state index in [9.17, 15) is 27.6 Å². The monoisotopic (exact) mass is 575 g/mol. The molecule has 0 radical (unpaired) electrons. The number of methoxy groups -OCH3 is 1. The Hall–Kier alpha value is -4.65. The van der Waals surface area contributed by atoms with Crippen LogP contribution in [0.25, 0.3) is 11.1 Å². The van der Waals surface area contributed by atoms with E-state index in [1.165, 1.54) is 31.7 Å². The second-order valence-corrected chi connectivity index (χ2v) is 9.06. The maximum atomic E-state index is 13.8. The van der Waals surface area contributed by atoms with Crippen LogP contribution in [-0.4, -0.2) is 33.6 Å². The Morgan fingerprint density at radius 2 is 1.95 bits per heavy atom. The summed E-state index contributed by atoms with van der Waals surface area (Å²) in [5, 5.41) is 6.43.